The van der Waals surface area contributed by atoms with Gasteiger partial charge < -0.3 is 15.1 Å². The fraction of sp³-hybridized carbons (Fsp3) is 0.571. The summed E-state index contributed by atoms with van der Waals surface area (Å²) < 4.78 is 46.5. The minimum atomic E-state index is -2.73. The quantitative estimate of drug-likeness (QED) is 0.317. The molecule has 49 heavy (non-hydrogen) atoms. The number of imide groups is 1. The first-order chi connectivity index (χ1) is 23.4. The van der Waals surface area contributed by atoms with Gasteiger partial charge in [-0.3, -0.25) is 29.5 Å². The number of likely N-dealkylation sites (tertiary alicyclic amines) is 1. The van der Waals surface area contributed by atoms with Gasteiger partial charge in [-0.05, 0) is 43.4 Å². The number of carbonyl (C=O) groups excluding carboxylic acids is 3. The molecule has 0 bridgehead atoms. The van der Waals surface area contributed by atoms with Crippen molar-refractivity contribution in [2.75, 3.05) is 42.9 Å². The molecule has 1 aromatic carbocycles. The average Bonchev–Trinajstić information content (AvgIpc) is 3.50. The molecule has 3 atom stereocenters. The Balaban J connectivity index is 0.801. The van der Waals surface area contributed by atoms with Gasteiger partial charge in [-0.2, -0.15) is 10.2 Å². The van der Waals surface area contributed by atoms with Gasteiger partial charge in [0.05, 0.1) is 23.8 Å². The van der Waals surface area contributed by atoms with Crippen LogP contribution in [-0.2, 0) is 22.4 Å². The molecule has 260 valence electrons. The summed E-state index contributed by atoms with van der Waals surface area (Å²) >= 11 is 0. The van der Waals surface area contributed by atoms with Crippen LogP contribution in [0.2, 0.25) is 0 Å². The maximum absolute atomic E-state index is 16.0. The Kier molecular flexibility index (Phi) is 7.65. The number of H-pyrrole nitrogens is 1. The van der Waals surface area contributed by atoms with Crippen LogP contribution in [0.15, 0.2) is 36.7 Å². The number of carbonyl (C=O) groups is 3. The van der Waals surface area contributed by atoms with Gasteiger partial charge in [0.2, 0.25) is 11.8 Å². The molecule has 0 radical (unpaired) electrons. The van der Waals surface area contributed by atoms with Crippen LogP contribution < -0.4 is 15.5 Å². The molecule has 5 heterocycles. The van der Waals surface area contributed by atoms with Crippen LogP contribution in [0.25, 0.3) is 0 Å². The first kappa shape index (κ1) is 32.0. The van der Waals surface area contributed by atoms with Crippen LogP contribution >= 0.6 is 0 Å². The number of hydrogen-bond acceptors (Lipinski definition) is 7. The first-order valence-corrected chi connectivity index (χ1v) is 17.3. The Morgan fingerprint density at radius 3 is 2.49 bits per heavy atom. The molecular weight excluding hydrogens is 637 g/mol. The topological polar surface area (TPSA) is 128 Å². The van der Waals surface area contributed by atoms with Gasteiger partial charge in [-0.25, -0.2) is 13.2 Å². The number of fused-ring (bicyclic) bond motifs is 2. The minimum Gasteiger partial charge on any atom is -0.371 e. The van der Waals surface area contributed by atoms with Crippen LogP contribution in [0.4, 0.5) is 24.5 Å². The lowest BCUT2D eigenvalue weighted by molar-refractivity contribution is -0.134. The van der Waals surface area contributed by atoms with Crippen molar-refractivity contribution in [2.45, 2.75) is 81.8 Å². The fourth-order valence-electron chi connectivity index (χ4n) is 8.58. The van der Waals surface area contributed by atoms with Crippen molar-refractivity contribution in [1.82, 2.24) is 30.2 Å². The summed E-state index contributed by atoms with van der Waals surface area (Å²) in [5.74, 6) is -4.72. The summed E-state index contributed by atoms with van der Waals surface area (Å²) in [5, 5.41) is 16.7. The van der Waals surface area contributed by atoms with Gasteiger partial charge in [-0.1, -0.05) is 19.1 Å². The molecule has 3 aromatic rings. The molecule has 3 amide bonds. The second-order valence-corrected chi connectivity index (χ2v) is 14.9. The number of anilines is 2. The molecule has 11 nitrogen and oxygen atoms in total. The lowest BCUT2D eigenvalue weighted by atomic mass is 9.87. The number of nitrogens with one attached hydrogen (secondary N) is 3. The molecule has 14 heteroatoms. The van der Waals surface area contributed by atoms with Crippen molar-refractivity contribution >= 4 is 29.1 Å². The molecule has 3 saturated heterocycles. The van der Waals surface area contributed by atoms with Crippen molar-refractivity contribution in [3.05, 3.63) is 59.2 Å². The van der Waals surface area contributed by atoms with E-state index in [1.54, 1.807) is 19.3 Å². The van der Waals surface area contributed by atoms with E-state index in [2.05, 4.69) is 35.7 Å². The first-order valence-electron chi connectivity index (χ1n) is 17.3. The predicted octanol–water partition coefficient (Wildman–Crippen LogP) is 4.39. The number of piperidine rings is 3. The smallest absolute Gasteiger partial charge is 0.276 e. The van der Waals surface area contributed by atoms with Crippen LogP contribution in [0.3, 0.4) is 0 Å². The van der Waals surface area contributed by atoms with E-state index in [9.17, 15) is 23.2 Å². The molecule has 0 spiro atoms. The summed E-state index contributed by atoms with van der Waals surface area (Å²) in [7, 11) is 0. The Bertz CT molecular complexity index is 1770. The lowest BCUT2D eigenvalue weighted by Crippen LogP contribution is -2.50. The molecule has 8 rings (SSSR count). The Morgan fingerprint density at radius 1 is 1.04 bits per heavy atom. The summed E-state index contributed by atoms with van der Waals surface area (Å²) in [5.41, 5.74) is 1.44. The second kappa shape index (κ2) is 11.7. The third-order valence-corrected chi connectivity index (χ3v) is 11.9. The van der Waals surface area contributed by atoms with Gasteiger partial charge in [0.1, 0.15) is 5.67 Å². The van der Waals surface area contributed by atoms with Gasteiger partial charge in [-0.15, -0.1) is 0 Å². The number of rotatable bonds is 7. The van der Waals surface area contributed by atoms with E-state index in [1.807, 2.05) is 28.9 Å². The van der Waals surface area contributed by atoms with Crippen LogP contribution in [0.1, 0.15) is 84.7 Å². The van der Waals surface area contributed by atoms with Crippen molar-refractivity contribution < 1.29 is 27.6 Å². The number of alkyl halides is 3. The molecule has 1 unspecified atom stereocenters. The maximum Gasteiger partial charge on any atom is 0.276 e. The number of aromatic nitrogens is 4. The van der Waals surface area contributed by atoms with E-state index < -0.39 is 28.8 Å². The summed E-state index contributed by atoms with van der Waals surface area (Å²) in [6.45, 7) is 4.69. The van der Waals surface area contributed by atoms with Gasteiger partial charge >= 0.3 is 0 Å². The van der Waals surface area contributed by atoms with Crippen molar-refractivity contribution in [1.29, 1.82) is 0 Å². The van der Waals surface area contributed by atoms with Crippen LogP contribution in [0, 0.1) is 11.3 Å². The van der Waals surface area contributed by atoms with E-state index in [0.717, 1.165) is 37.2 Å². The Labute approximate surface area is 282 Å². The number of aromatic amines is 1. The molecule has 1 saturated carbocycles. The molecule has 2 aliphatic carbocycles. The van der Waals surface area contributed by atoms with Crippen molar-refractivity contribution in [3.63, 3.8) is 0 Å². The zero-order valence-electron chi connectivity index (χ0n) is 27.5. The summed E-state index contributed by atoms with van der Waals surface area (Å²) in [4.78, 5) is 41.2. The highest BCUT2D eigenvalue weighted by molar-refractivity contribution is 6.04. The highest BCUT2D eigenvalue weighted by Crippen LogP contribution is 2.70. The molecular formula is C35H41F3N8O3. The normalized spacial score (nSPS) is 28.0. The average molecular weight is 679 g/mol. The third-order valence-electron chi connectivity index (χ3n) is 11.9. The van der Waals surface area contributed by atoms with Crippen molar-refractivity contribution in [2.24, 2.45) is 11.3 Å². The summed E-state index contributed by atoms with van der Waals surface area (Å²) in [6, 6.07) is 7.96. The monoisotopic (exact) mass is 678 g/mol. The van der Waals surface area contributed by atoms with E-state index in [1.165, 1.54) is 0 Å². The zero-order chi connectivity index (χ0) is 34.1. The van der Waals surface area contributed by atoms with E-state index in [0.29, 0.717) is 62.3 Å². The highest BCUT2D eigenvalue weighted by atomic mass is 19.3. The van der Waals surface area contributed by atoms with E-state index in [-0.39, 0.29) is 42.3 Å². The SMILES string of the molecule is C[C@@]12Cc3[nH]nc(C(=O)Nc4cnn(C5CCN(CC6(F)CCN(c7ccc(C8CCC(=O)NC8=O)cc7)CC6)CC5)c4)c3C[C@@H]1C2(F)F. The van der Waals surface area contributed by atoms with Crippen LogP contribution in [-0.4, -0.2) is 86.9 Å². The number of nitrogens with zero attached hydrogens (tertiary/aromatic N) is 5. The zero-order valence-corrected chi connectivity index (χ0v) is 27.5. The molecule has 5 aliphatic rings. The number of amides is 3. The highest BCUT2D eigenvalue weighted by Gasteiger charge is 2.78. The number of benzene rings is 1. The third kappa shape index (κ3) is 5.71. The minimum absolute atomic E-state index is 0.121. The fourth-order valence-corrected chi connectivity index (χ4v) is 8.58. The van der Waals surface area contributed by atoms with Crippen LogP contribution in [0.5, 0.6) is 0 Å². The number of hydrogen-bond donors (Lipinski definition) is 3. The van der Waals surface area contributed by atoms with Gasteiger partial charge in [0.25, 0.3) is 11.8 Å². The Hall–Kier alpha value is -4.20. The largest absolute Gasteiger partial charge is 0.371 e. The lowest BCUT2D eigenvalue weighted by Gasteiger charge is -2.42. The molecule has 2 aromatic heterocycles. The van der Waals surface area contributed by atoms with E-state index in [4.69, 9.17) is 0 Å². The Morgan fingerprint density at radius 2 is 1.78 bits per heavy atom. The van der Waals surface area contributed by atoms with Crippen molar-refractivity contribution in [3.8, 4) is 0 Å². The molecule has 4 fully saturated rings. The molecule has 3 N–H and O–H groups in total. The van der Waals surface area contributed by atoms with E-state index >= 15 is 4.39 Å². The number of halogens is 3. The predicted molar refractivity (Wildman–Crippen MR) is 174 cm³/mol. The maximum atomic E-state index is 16.0. The second-order valence-electron chi connectivity index (χ2n) is 14.9. The standard InChI is InChI=1S/C35H41F3N8O3/c1-33-17-27-26(16-28(33)35(33,37)38)30(43-42-27)32(49)40-22-18-39-46(19-22)24-8-12-44(13-9-24)20-34(36)10-14-45(15-11-34)23-4-2-21(3-5-23)25-6-7-29(47)41-31(25)48/h2-5,18-19,24-25,28H,6-17,20H2,1H3,(H,40,49)(H,42,43)(H,41,47,48)/t25?,28-,33+/m0/s1. The van der Waals surface area contributed by atoms with Gasteiger partial charge in [0.15, 0.2) is 5.69 Å². The molecule has 3 aliphatic heterocycles. The summed E-state index contributed by atoms with van der Waals surface area (Å²) in [6.07, 6.45) is 7.02. The van der Waals surface area contributed by atoms with Gasteiger partial charge in [0, 0.05) is 92.9 Å².